The number of alkyl halides is 2. The third kappa shape index (κ3) is 4.49. The van der Waals surface area contributed by atoms with Gasteiger partial charge in [-0.3, -0.25) is 4.31 Å². The number of fused-ring (bicyclic) bond motifs is 1. The van der Waals surface area contributed by atoms with Crippen LogP contribution in [0.1, 0.15) is 45.9 Å². The lowest BCUT2D eigenvalue weighted by Gasteiger charge is -2.26. The van der Waals surface area contributed by atoms with E-state index in [0.717, 1.165) is 52.6 Å². The Kier molecular flexibility index (Phi) is 6.00. The van der Waals surface area contributed by atoms with Crippen LogP contribution >= 0.6 is 0 Å². The van der Waals surface area contributed by atoms with Gasteiger partial charge in [0.2, 0.25) is 0 Å². The van der Waals surface area contributed by atoms with Crippen molar-refractivity contribution in [2.75, 3.05) is 37.7 Å². The van der Waals surface area contributed by atoms with E-state index in [0.29, 0.717) is 17.1 Å². The van der Waals surface area contributed by atoms with Crippen LogP contribution in [0.4, 0.5) is 14.5 Å². The zero-order chi connectivity index (χ0) is 23.3. The fourth-order valence-corrected chi connectivity index (χ4v) is 5.87. The molecular formula is C22H32F2N4O3S. The molecule has 1 aromatic carbocycles. The van der Waals surface area contributed by atoms with Crippen LogP contribution in [0.5, 0.6) is 0 Å². The second-order valence-electron chi connectivity index (χ2n) is 9.94. The normalized spacial score (nSPS) is 20.8. The van der Waals surface area contributed by atoms with Crippen molar-refractivity contribution in [3.63, 3.8) is 0 Å². The standard InChI is InChI=1S/C22H32F2N4O3S/c1-21(2,3)20-25-18-13-17(26(4)32(29,30)27-10-9-22(23,24)15-27)5-6-19(18)28(20)14-16-7-11-31-12-8-16/h5-6,13,16H,7-12,14-15H2,1-4H3. The average Bonchev–Trinajstić information content (AvgIpc) is 3.28. The summed E-state index contributed by atoms with van der Waals surface area (Å²) in [5.74, 6) is -1.54. The number of nitrogens with zero attached hydrogens (tertiary/aromatic N) is 4. The summed E-state index contributed by atoms with van der Waals surface area (Å²) in [5, 5.41) is 0. The highest BCUT2D eigenvalue weighted by molar-refractivity contribution is 7.90. The molecule has 178 valence electrons. The monoisotopic (exact) mass is 470 g/mol. The average molecular weight is 471 g/mol. The molecule has 1 aromatic heterocycles. The van der Waals surface area contributed by atoms with E-state index in [1.807, 2.05) is 6.07 Å². The SMILES string of the molecule is CN(c1ccc2c(c1)nc(C(C)(C)C)n2CC1CCOCC1)S(=O)(=O)N1CCC(F)(F)C1. The maximum atomic E-state index is 13.6. The van der Waals surface area contributed by atoms with Gasteiger partial charge in [0.1, 0.15) is 5.82 Å². The predicted molar refractivity (Wildman–Crippen MR) is 120 cm³/mol. The fraction of sp³-hybridized carbons (Fsp3) is 0.682. The van der Waals surface area contributed by atoms with Crippen LogP contribution in [0.25, 0.3) is 11.0 Å². The largest absolute Gasteiger partial charge is 0.381 e. The molecule has 0 bridgehead atoms. The Morgan fingerprint density at radius 2 is 1.94 bits per heavy atom. The molecule has 0 amide bonds. The predicted octanol–water partition coefficient (Wildman–Crippen LogP) is 3.78. The Morgan fingerprint density at radius 3 is 2.53 bits per heavy atom. The summed E-state index contributed by atoms with van der Waals surface area (Å²) in [5.41, 5.74) is 1.87. The molecular weight excluding hydrogens is 438 g/mol. The minimum absolute atomic E-state index is 0.185. The Bertz CT molecular complexity index is 1090. The van der Waals surface area contributed by atoms with Gasteiger partial charge >= 0.3 is 10.2 Å². The Morgan fingerprint density at radius 1 is 1.25 bits per heavy atom. The lowest BCUT2D eigenvalue weighted by molar-refractivity contribution is 0.0183. The van der Waals surface area contributed by atoms with Crippen molar-refractivity contribution >= 4 is 26.9 Å². The number of benzene rings is 1. The van der Waals surface area contributed by atoms with Crippen LogP contribution in [-0.2, 0) is 26.9 Å². The fourth-order valence-electron chi connectivity index (χ4n) is 4.47. The zero-order valence-electron chi connectivity index (χ0n) is 19.1. The Balaban J connectivity index is 1.68. The highest BCUT2D eigenvalue weighted by atomic mass is 32.2. The van der Waals surface area contributed by atoms with E-state index in [9.17, 15) is 17.2 Å². The number of imidazole rings is 1. The molecule has 0 saturated carbocycles. The third-order valence-corrected chi connectivity index (χ3v) is 8.22. The second-order valence-corrected chi connectivity index (χ2v) is 11.9. The molecule has 2 aliphatic heterocycles. The molecule has 32 heavy (non-hydrogen) atoms. The highest BCUT2D eigenvalue weighted by Gasteiger charge is 2.44. The number of aromatic nitrogens is 2. The smallest absolute Gasteiger partial charge is 0.304 e. The maximum Gasteiger partial charge on any atom is 0.304 e. The summed E-state index contributed by atoms with van der Waals surface area (Å²) >= 11 is 0. The molecule has 2 aliphatic rings. The van der Waals surface area contributed by atoms with Gasteiger partial charge in [0.15, 0.2) is 0 Å². The van der Waals surface area contributed by atoms with Crippen molar-refractivity contribution in [1.29, 1.82) is 0 Å². The van der Waals surface area contributed by atoms with E-state index in [2.05, 4.69) is 25.3 Å². The van der Waals surface area contributed by atoms with Crippen LogP contribution < -0.4 is 4.31 Å². The summed E-state index contributed by atoms with van der Waals surface area (Å²) in [6.45, 7) is 7.74. The first kappa shape index (κ1) is 23.4. The van der Waals surface area contributed by atoms with E-state index in [-0.39, 0.29) is 12.0 Å². The van der Waals surface area contributed by atoms with Crippen molar-refractivity contribution in [2.45, 2.75) is 57.9 Å². The van der Waals surface area contributed by atoms with Gasteiger partial charge in [-0.1, -0.05) is 20.8 Å². The van der Waals surface area contributed by atoms with Gasteiger partial charge in [0.25, 0.3) is 5.92 Å². The van der Waals surface area contributed by atoms with Crippen LogP contribution in [0.2, 0.25) is 0 Å². The van der Waals surface area contributed by atoms with Gasteiger partial charge in [0, 0.05) is 45.2 Å². The minimum Gasteiger partial charge on any atom is -0.381 e. The highest BCUT2D eigenvalue weighted by Crippen LogP contribution is 2.34. The van der Waals surface area contributed by atoms with E-state index < -0.39 is 29.1 Å². The molecule has 0 atom stereocenters. The molecule has 10 heteroatoms. The minimum atomic E-state index is -4.05. The number of rotatable bonds is 5. The first-order valence-electron chi connectivity index (χ1n) is 11.1. The van der Waals surface area contributed by atoms with E-state index in [1.54, 1.807) is 12.1 Å². The number of ether oxygens (including phenoxy) is 1. The summed E-state index contributed by atoms with van der Waals surface area (Å²) in [4.78, 5) is 4.87. The molecule has 3 heterocycles. The van der Waals surface area contributed by atoms with Crippen molar-refractivity contribution < 1.29 is 21.9 Å². The molecule has 2 fully saturated rings. The van der Waals surface area contributed by atoms with E-state index in [4.69, 9.17) is 9.72 Å². The quantitative estimate of drug-likeness (QED) is 0.667. The van der Waals surface area contributed by atoms with Gasteiger partial charge in [-0.05, 0) is 37.0 Å². The van der Waals surface area contributed by atoms with Crippen molar-refractivity contribution in [3.8, 4) is 0 Å². The molecule has 0 spiro atoms. The van der Waals surface area contributed by atoms with E-state index in [1.165, 1.54) is 7.05 Å². The van der Waals surface area contributed by atoms with Crippen LogP contribution in [0.3, 0.4) is 0 Å². The molecule has 0 aliphatic carbocycles. The second kappa shape index (κ2) is 8.22. The first-order valence-corrected chi connectivity index (χ1v) is 12.5. The van der Waals surface area contributed by atoms with Gasteiger partial charge in [0.05, 0.1) is 23.3 Å². The third-order valence-electron chi connectivity index (χ3n) is 6.35. The summed E-state index contributed by atoms with van der Waals surface area (Å²) in [6.07, 6.45) is 1.55. The Hall–Kier alpha value is -1.78. The van der Waals surface area contributed by atoms with Gasteiger partial charge in [-0.2, -0.15) is 12.7 Å². The van der Waals surface area contributed by atoms with Gasteiger partial charge < -0.3 is 9.30 Å². The topological polar surface area (TPSA) is 67.7 Å². The van der Waals surface area contributed by atoms with Gasteiger partial charge in [-0.25, -0.2) is 13.8 Å². The molecule has 0 N–H and O–H groups in total. The van der Waals surface area contributed by atoms with Crippen molar-refractivity contribution in [3.05, 3.63) is 24.0 Å². The number of halogens is 2. The van der Waals surface area contributed by atoms with Gasteiger partial charge in [-0.15, -0.1) is 0 Å². The Labute approximate surface area is 188 Å². The molecule has 4 rings (SSSR count). The van der Waals surface area contributed by atoms with Crippen LogP contribution in [0, 0.1) is 5.92 Å². The lowest BCUT2D eigenvalue weighted by atomic mass is 9.94. The van der Waals surface area contributed by atoms with Crippen molar-refractivity contribution in [2.24, 2.45) is 5.92 Å². The number of hydrogen-bond acceptors (Lipinski definition) is 4. The first-order chi connectivity index (χ1) is 14.9. The van der Waals surface area contributed by atoms with E-state index >= 15 is 0 Å². The molecule has 7 nitrogen and oxygen atoms in total. The molecule has 0 unspecified atom stereocenters. The lowest BCUT2D eigenvalue weighted by Crippen LogP contribution is -2.41. The summed E-state index contributed by atoms with van der Waals surface area (Å²) in [7, 11) is -2.65. The number of hydrogen-bond donors (Lipinski definition) is 0. The summed E-state index contributed by atoms with van der Waals surface area (Å²) in [6, 6.07) is 5.34. The molecule has 0 radical (unpaired) electrons. The van der Waals surface area contributed by atoms with Crippen LogP contribution in [0.15, 0.2) is 18.2 Å². The molecule has 2 saturated heterocycles. The summed E-state index contributed by atoms with van der Waals surface area (Å²) < 4.78 is 62.7. The maximum absolute atomic E-state index is 13.6. The van der Waals surface area contributed by atoms with Crippen LogP contribution in [-0.4, -0.2) is 61.5 Å². The zero-order valence-corrected chi connectivity index (χ0v) is 20.0. The molecule has 2 aromatic rings. The van der Waals surface area contributed by atoms with Crippen molar-refractivity contribution in [1.82, 2.24) is 13.9 Å². The number of anilines is 1.